The van der Waals surface area contributed by atoms with Gasteiger partial charge >= 0.3 is 6.03 Å². The van der Waals surface area contributed by atoms with Gasteiger partial charge in [-0.1, -0.05) is 36.4 Å². The Morgan fingerprint density at radius 1 is 0.590 bits per heavy atom. The number of urea groups is 1. The summed E-state index contributed by atoms with van der Waals surface area (Å²) in [4.78, 5) is 12.6. The van der Waals surface area contributed by atoms with E-state index in [1.165, 1.54) is 0 Å². The average molecular weight is 547 g/mol. The standard InChI is InChI=1S/C27H24N6O.CH6O3S/c1-19-17-23(32-30-21-9-5-3-6-10-21)13-15-25(19)28-27(34)29-26-16-14-24(18-20(26)2)33-31-22-11-7-4-8-12-22;1-5(2,3)4/h3-18H,1-2H3,(H2,28,29,34);2-4H,1H3. The second kappa shape index (κ2) is 13.9. The van der Waals surface area contributed by atoms with Crippen LogP contribution in [0, 0.1) is 13.8 Å². The molecule has 202 valence electrons. The molecule has 11 heteroatoms. The molecule has 0 fully saturated rings. The van der Waals surface area contributed by atoms with Crippen molar-refractivity contribution >= 4 is 51.0 Å². The van der Waals surface area contributed by atoms with Crippen molar-refractivity contribution in [2.45, 2.75) is 13.8 Å². The van der Waals surface area contributed by atoms with E-state index in [0.717, 1.165) is 28.8 Å². The van der Waals surface area contributed by atoms with Crippen LogP contribution in [0.5, 0.6) is 0 Å². The monoisotopic (exact) mass is 546 g/mol. The summed E-state index contributed by atoms with van der Waals surface area (Å²) in [5, 5.41) is 22.7. The average Bonchev–Trinajstić information content (AvgIpc) is 2.89. The van der Waals surface area contributed by atoms with Crippen LogP contribution in [-0.4, -0.2) is 25.9 Å². The highest BCUT2D eigenvalue weighted by atomic mass is 32.3. The van der Waals surface area contributed by atoms with Gasteiger partial charge in [0.15, 0.2) is 0 Å². The zero-order valence-corrected chi connectivity index (χ0v) is 22.5. The van der Waals surface area contributed by atoms with Crippen LogP contribution in [0.1, 0.15) is 11.1 Å². The van der Waals surface area contributed by atoms with Gasteiger partial charge in [0, 0.05) is 17.6 Å². The van der Waals surface area contributed by atoms with Crippen molar-refractivity contribution in [2.75, 3.05) is 16.9 Å². The Bertz CT molecular complexity index is 1330. The maximum Gasteiger partial charge on any atom is 0.323 e. The summed E-state index contributed by atoms with van der Waals surface area (Å²) in [7, 11) is -3.17. The topological polar surface area (TPSA) is 151 Å². The minimum Gasteiger partial charge on any atom is -0.308 e. The summed E-state index contributed by atoms with van der Waals surface area (Å²) in [5.41, 5.74) is 6.14. The fraction of sp³-hybridized carbons (Fsp3) is 0.107. The summed E-state index contributed by atoms with van der Waals surface area (Å²) in [6, 6.07) is 29.7. The van der Waals surface area contributed by atoms with E-state index < -0.39 is 10.9 Å². The molecule has 10 nitrogen and oxygen atoms in total. The number of amides is 2. The van der Waals surface area contributed by atoms with E-state index in [0.29, 0.717) is 22.7 Å². The van der Waals surface area contributed by atoms with E-state index in [4.69, 9.17) is 13.7 Å². The SMILES string of the molecule is CS(O)(O)O.Cc1cc(N=Nc2ccccc2)ccc1NC(=O)Nc1ccc(N=Nc2ccccc2)cc1C. The molecule has 0 unspecified atom stereocenters. The Morgan fingerprint density at radius 2 is 0.923 bits per heavy atom. The van der Waals surface area contributed by atoms with E-state index in [-0.39, 0.29) is 6.03 Å². The lowest BCUT2D eigenvalue weighted by Crippen LogP contribution is -2.20. The van der Waals surface area contributed by atoms with Crippen molar-refractivity contribution in [1.82, 2.24) is 0 Å². The molecule has 0 aliphatic rings. The predicted molar refractivity (Wildman–Crippen MR) is 158 cm³/mol. The number of anilines is 2. The van der Waals surface area contributed by atoms with Crippen molar-refractivity contribution in [2.24, 2.45) is 20.5 Å². The molecule has 0 aliphatic heterocycles. The number of carbonyl (C=O) groups is 1. The number of carbonyl (C=O) groups excluding carboxylic acids is 1. The molecule has 2 amide bonds. The third-order valence-electron chi connectivity index (χ3n) is 4.99. The van der Waals surface area contributed by atoms with E-state index in [9.17, 15) is 4.79 Å². The summed E-state index contributed by atoms with van der Waals surface area (Å²) in [6.07, 6.45) is 0.938. The fourth-order valence-electron chi connectivity index (χ4n) is 3.20. The lowest BCUT2D eigenvalue weighted by Gasteiger charge is -2.12. The van der Waals surface area contributed by atoms with Crippen molar-refractivity contribution in [3.63, 3.8) is 0 Å². The molecule has 0 saturated carbocycles. The van der Waals surface area contributed by atoms with Gasteiger partial charge in [-0.3, -0.25) is 0 Å². The maximum absolute atomic E-state index is 12.6. The smallest absolute Gasteiger partial charge is 0.308 e. The molecular formula is C28H30N6O4S. The molecule has 0 spiro atoms. The zero-order valence-electron chi connectivity index (χ0n) is 21.7. The molecule has 0 heterocycles. The van der Waals surface area contributed by atoms with Gasteiger partial charge in [-0.2, -0.15) is 20.5 Å². The van der Waals surface area contributed by atoms with Gasteiger partial charge in [0.05, 0.1) is 33.6 Å². The minimum atomic E-state index is -3.17. The Kier molecular flexibility index (Phi) is 10.4. The van der Waals surface area contributed by atoms with Crippen molar-refractivity contribution < 1.29 is 18.5 Å². The van der Waals surface area contributed by atoms with Gasteiger partial charge < -0.3 is 24.3 Å². The number of hydrogen-bond acceptors (Lipinski definition) is 8. The first-order chi connectivity index (χ1) is 18.6. The Hall–Kier alpha value is -4.42. The van der Waals surface area contributed by atoms with E-state index in [2.05, 4.69) is 31.1 Å². The molecule has 0 atom stereocenters. The molecular weight excluding hydrogens is 516 g/mol. The first-order valence-corrected chi connectivity index (χ1v) is 13.7. The quantitative estimate of drug-likeness (QED) is 0.153. The first kappa shape index (κ1) is 29.1. The molecule has 0 aromatic heterocycles. The minimum absolute atomic E-state index is 0.330. The second-order valence-corrected chi connectivity index (χ2v) is 10.0. The summed E-state index contributed by atoms with van der Waals surface area (Å²) in [5.74, 6) is 0. The largest absolute Gasteiger partial charge is 0.323 e. The van der Waals surface area contributed by atoms with Gasteiger partial charge in [0.2, 0.25) is 0 Å². The molecule has 0 saturated heterocycles. The molecule has 0 bridgehead atoms. The number of aryl methyl sites for hydroxylation is 2. The number of hydrogen-bond donors (Lipinski definition) is 5. The van der Waals surface area contributed by atoms with Crippen molar-refractivity contribution in [1.29, 1.82) is 0 Å². The Morgan fingerprint density at radius 3 is 1.26 bits per heavy atom. The highest BCUT2D eigenvalue weighted by Gasteiger charge is 2.08. The second-order valence-electron chi connectivity index (χ2n) is 8.44. The van der Waals surface area contributed by atoms with Crippen molar-refractivity contribution in [3.8, 4) is 0 Å². The third-order valence-corrected chi connectivity index (χ3v) is 4.99. The van der Waals surface area contributed by atoms with E-state index >= 15 is 0 Å². The van der Waals surface area contributed by atoms with Gasteiger partial charge in [0.1, 0.15) is 0 Å². The molecule has 4 rings (SSSR count). The van der Waals surface area contributed by atoms with Crippen LogP contribution < -0.4 is 10.6 Å². The van der Waals surface area contributed by atoms with Crippen LogP contribution in [-0.2, 0) is 0 Å². The van der Waals surface area contributed by atoms with Crippen LogP contribution in [0.25, 0.3) is 0 Å². The Labute approximate surface area is 228 Å². The van der Waals surface area contributed by atoms with Crippen LogP contribution in [0.15, 0.2) is 118 Å². The summed E-state index contributed by atoms with van der Waals surface area (Å²) < 4.78 is 23.1. The van der Waals surface area contributed by atoms with Gasteiger partial charge in [-0.05, 0) is 85.6 Å². The van der Waals surface area contributed by atoms with Crippen LogP contribution in [0.3, 0.4) is 0 Å². The van der Waals surface area contributed by atoms with Crippen LogP contribution in [0.2, 0.25) is 0 Å². The predicted octanol–water partition coefficient (Wildman–Crippen LogP) is 9.62. The summed E-state index contributed by atoms with van der Waals surface area (Å²) >= 11 is 0. The maximum atomic E-state index is 12.6. The molecule has 0 radical (unpaired) electrons. The van der Waals surface area contributed by atoms with Gasteiger partial charge in [-0.15, -0.1) is 0 Å². The first-order valence-electron chi connectivity index (χ1n) is 11.8. The van der Waals surface area contributed by atoms with Gasteiger partial charge in [0.25, 0.3) is 0 Å². The highest BCUT2D eigenvalue weighted by Crippen LogP contribution is 2.26. The van der Waals surface area contributed by atoms with Gasteiger partial charge in [-0.25, -0.2) is 4.79 Å². The fourth-order valence-corrected chi connectivity index (χ4v) is 3.20. The molecule has 4 aromatic carbocycles. The molecule has 0 aliphatic carbocycles. The highest BCUT2D eigenvalue weighted by molar-refractivity contribution is 8.18. The lowest BCUT2D eigenvalue weighted by atomic mass is 10.1. The lowest BCUT2D eigenvalue weighted by molar-refractivity contribution is 0.262. The van der Waals surface area contributed by atoms with E-state index in [1.54, 1.807) is 0 Å². The number of rotatable bonds is 6. The summed E-state index contributed by atoms with van der Waals surface area (Å²) in [6.45, 7) is 3.82. The zero-order chi connectivity index (χ0) is 28.3. The van der Waals surface area contributed by atoms with Crippen molar-refractivity contribution in [3.05, 3.63) is 108 Å². The molecule has 5 N–H and O–H groups in total. The number of nitrogens with one attached hydrogen (secondary N) is 2. The van der Waals surface area contributed by atoms with Crippen LogP contribution in [0.4, 0.5) is 38.9 Å². The molecule has 39 heavy (non-hydrogen) atoms. The molecule has 4 aromatic rings. The number of azo groups is 2. The number of nitrogens with zero attached hydrogens (tertiary/aromatic N) is 4. The van der Waals surface area contributed by atoms with E-state index in [1.807, 2.05) is 111 Å². The number of benzene rings is 4. The Balaban J connectivity index is 0.000000771. The third kappa shape index (κ3) is 10.8. The normalized spacial score (nSPS) is 11.6. The van der Waals surface area contributed by atoms with Crippen LogP contribution >= 0.6 is 10.9 Å².